The molecule has 7 heteroatoms. The van der Waals surface area contributed by atoms with E-state index in [9.17, 15) is 14.0 Å². The van der Waals surface area contributed by atoms with Crippen LogP contribution in [0.25, 0.3) is 5.69 Å². The summed E-state index contributed by atoms with van der Waals surface area (Å²) in [4.78, 5) is 23.7. The second-order valence-electron chi connectivity index (χ2n) is 6.30. The molecular formula is C22H20FNO5. The second kappa shape index (κ2) is 9.05. The molecule has 1 heterocycles. The van der Waals surface area contributed by atoms with Crippen LogP contribution in [-0.4, -0.2) is 24.3 Å². The Bertz CT molecular complexity index is 1060. The van der Waals surface area contributed by atoms with Crippen molar-refractivity contribution in [3.63, 3.8) is 0 Å². The van der Waals surface area contributed by atoms with Crippen LogP contribution in [-0.2, 0) is 16.1 Å². The first-order chi connectivity index (χ1) is 14.0. The lowest BCUT2D eigenvalue weighted by molar-refractivity contribution is -0.142. The molecule has 2 aromatic carbocycles. The number of rotatable bonds is 7. The fourth-order valence-corrected chi connectivity index (χ4v) is 2.65. The summed E-state index contributed by atoms with van der Waals surface area (Å²) in [5.41, 5.74) is 1.97. The number of ether oxygens (including phenoxy) is 3. The molecule has 0 fully saturated rings. The van der Waals surface area contributed by atoms with E-state index < -0.39 is 5.97 Å². The summed E-state index contributed by atoms with van der Waals surface area (Å²) in [6.07, 6.45) is 1.62. The number of hydrogen-bond donors (Lipinski definition) is 0. The maximum absolute atomic E-state index is 12.9. The Balaban J connectivity index is 1.71. The van der Waals surface area contributed by atoms with Gasteiger partial charge in [0.2, 0.25) is 0 Å². The lowest BCUT2D eigenvalue weighted by Gasteiger charge is -2.12. The monoisotopic (exact) mass is 397 g/mol. The van der Waals surface area contributed by atoms with Crippen molar-refractivity contribution in [3.8, 4) is 17.2 Å². The van der Waals surface area contributed by atoms with E-state index in [0.29, 0.717) is 17.2 Å². The highest BCUT2D eigenvalue weighted by Crippen LogP contribution is 2.21. The molecule has 0 atom stereocenters. The van der Waals surface area contributed by atoms with E-state index in [1.807, 2.05) is 6.92 Å². The van der Waals surface area contributed by atoms with Crippen LogP contribution in [0.1, 0.15) is 11.1 Å². The fraction of sp³-hybridized carbons (Fsp3) is 0.182. The number of esters is 1. The molecule has 0 saturated carbocycles. The number of pyridine rings is 1. The Kier molecular flexibility index (Phi) is 6.29. The summed E-state index contributed by atoms with van der Waals surface area (Å²) in [6, 6.07) is 14.2. The third kappa shape index (κ3) is 5.22. The molecule has 29 heavy (non-hydrogen) atoms. The van der Waals surface area contributed by atoms with Crippen molar-refractivity contribution in [3.05, 3.63) is 88.1 Å². The molecule has 3 aromatic rings. The molecule has 0 aliphatic rings. The van der Waals surface area contributed by atoms with E-state index in [1.54, 1.807) is 42.6 Å². The van der Waals surface area contributed by atoms with Gasteiger partial charge in [-0.25, -0.2) is 9.18 Å². The van der Waals surface area contributed by atoms with Crippen LogP contribution in [0.3, 0.4) is 0 Å². The van der Waals surface area contributed by atoms with Gasteiger partial charge in [-0.2, -0.15) is 0 Å². The third-order valence-corrected chi connectivity index (χ3v) is 4.22. The average Bonchev–Trinajstić information content (AvgIpc) is 2.72. The van der Waals surface area contributed by atoms with Crippen LogP contribution in [0.5, 0.6) is 11.5 Å². The number of benzene rings is 2. The first-order valence-corrected chi connectivity index (χ1v) is 8.87. The SMILES string of the molecule is COC(=O)COc1ccc(-n2ccc(OCc3ccc(F)cc3)cc2=O)cc1C. The molecule has 0 spiro atoms. The van der Waals surface area contributed by atoms with Crippen molar-refractivity contribution >= 4 is 5.97 Å². The predicted molar refractivity (Wildman–Crippen MR) is 105 cm³/mol. The van der Waals surface area contributed by atoms with Gasteiger partial charge in [0.25, 0.3) is 5.56 Å². The van der Waals surface area contributed by atoms with Gasteiger partial charge < -0.3 is 14.2 Å². The highest BCUT2D eigenvalue weighted by molar-refractivity contribution is 5.71. The normalized spacial score (nSPS) is 10.4. The van der Waals surface area contributed by atoms with Gasteiger partial charge in [0.1, 0.15) is 23.9 Å². The molecule has 3 rings (SSSR count). The van der Waals surface area contributed by atoms with Gasteiger partial charge in [0, 0.05) is 18.0 Å². The predicted octanol–water partition coefficient (Wildman–Crippen LogP) is 3.42. The van der Waals surface area contributed by atoms with E-state index in [0.717, 1.165) is 11.1 Å². The highest BCUT2D eigenvalue weighted by Gasteiger charge is 2.08. The van der Waals surface area contributed by atoms with Gasteiger partial charge in [0.15, 0.2) is 6.61 Å². The molecule has 0 radical (unpaired) electrons. The molecule has 0 unspecified atom stereocenters. The minimum absolute atomic E-state index is 0.184. The quantitative estimate of drug-likeness (QED) is 0.572. The summed E-state index contributed by atoms with van der Waals surface area (Å²) in [7, 11) is 1.29. The summed E-state index contributed by atoms with van der Waals surface area (Å²) >= 11 is 0. The largest absolute Gasteiger partial charge is 0.489 e. The van der Waals surface area contributed by atoms with Gasteiger partial charge in [0.05, 0.1) is 7.11 Å². The van der Waals surface area contributed by atoms with Crippen molar-refractivity contribution in [1.82, 2.24) is 4.57 Å². The van der Waals surface area contributed by atoms with Crippen molar-refractivity contribution in [1.29, 1.82) is 0 Å². The molecule has 0 aliphatic heterocycles. The smallest absolute Gasteiger partial charge is 0.343 e. The number of carbonyl (C=O) groups excluding carboxylic acids is 1. The molecule has 0 saturated heterocycles. The molecular weight excluding hydrogens is 377 g/mol. The van der Waals surface area contributed by atoms with E-state index in [-0.39, 0.29) is 24.6 Å². The summed E-state index contributed by atoms with van der Waals surface area (Å²) in [5, 5.41) is 0. The van der Waals surface area contributed by atoms with E-state index in [2.05, 4.69) is 4.74 Å². The maximum atomic E-state index is 12.9. The third-order valence-electron chi connectivity index (χ3n) is 4.22. The molecule has 1 aromatic heterocycles. The van der Waals surface area contributed by atoms with E-state index >= 15 is 0 Å². The Hall–Kier alpha value is -3.61. The van der Waals surface area contributed by atoms with Crippen LogP contribution in [0.2, 0.25) is 0 Å². The zero-order valence-electron chi connectivity index (χ0n) is 16.1. The minimum Gasteiger partial charge on any atom is -0.489 e. The van der Waals surface area contributed by atoms with Crippen molar-refractivity contribution in [2.45, 2.75) is 13.5 Å². The topological polar surface area (TPSA) is 66.8 Å². The lowest BCUT2D eigenvalue weighted by atomic mass is 10.2. The standard InChI is InChI=1S/C22H20FNO5/c1-15-11-18(7-8-20(15)29-14-22(26)27-2)24-10-9-19(12-21(24)25)28-13-16-3-5-17(23)6-4-16/h3-12H,13-14H2,1-2H3. The lowest BCUT2D eigenvalue weighted by Crippen LogP contribution is -2.17. The van der Waals surface area contributed by atoms with Crippen LogP contribution in [0, 0.1) is 12.7 Å². The Morgan fingerprint density at radius 3 is 2.45 bits per heavy atom. The van der Waals surface area contributed by atoms with Crippen LogP contribution in [0.4, 0.5) is 4.39 Å². The van der Waals surface area contributed by atoms with Crippen molar-refractivity contribution in [2.24, 2.45) is 0 Å². The molecule has 0 bridgehead atoms. The second-order valence-corrected chi connectivity index (χ2v) is 6.30. The Morgan fingerprint density at radius 1 is 1.03 bits per heavy atom. The van der Waals surface area contributed by atoms with Crippen molar-refractivity contribution < 1.29 is 23.4 Å². The number of nitrogens with zero attached hydrogens (tertiary/aromatic N) is 1. The van der Waals surface area contributed by atoms with Crippen LogP contribution < -0.4 is 15.0 Å². The number of hydrogen-bond acceptors (Lipinski definition) is 5. The minimum atomic E-state index is -0.471. The summed E-state index contributed by atoms with van der Waals surface area (Å²) < 4.78 is 30.0. The van der Waals surface area contributed by atoms with Gasteiger partial charge in [-0.3, -0.25) is 9.36 Å². The first-order valence-electron chi connectivity index (χ1n) is 8.87. The number of aryl methyl sites for hydroxylation is 1. The summed E-state index contributed by atoms with van der Waals surface area (Å²) in [5.74, 6) is 0.172. The molecule has 6 nitrogen and oxygen atoms in total. The number of halogens is 1. The Labute approximate surface area is 167 Å². The molecule has 150 valence electrons. The summed E-state index contributed by atoms with van der Waals surface area (Å²) in [6.45, 7) is 1.87. The van der Waals surface area contributed by atoms with Gasteiger partial charge >= 0.3 is 5.97 Å². The first kappa shape index (κ1) is 20.1. The Morgan fingerprint density at radius 2 is 1.79 bits per heavy atom. The molecule has 0 amide bonds. The number of methoxy groups -OCH3 is 1. The molecule has 0 aliphatic carbocycles. The van der Waals surface area contributed by atoms with Crippen LogP contribution in [0.15, 0.2) is 65.6 Å². The fourth-order valence-electron chi connectivity index (χ4n) is 2.65. The van der Waals surface area contributed by atoms with E-state index in [4.69, 9.17) is 9.47 Å². The van der Waals surface area contributed by atoms with E-state index in [1.165, 1.54) is 29.9 Å². The zero-order chi connectivity index (χ0) is 20.8. The van der Waals surface area contributed by atoms with Gasteiger partial charge in [-0.15, -0.1) is 0 Å². The zero-order valence-corrected chi connectivity index (χ0v) is 16.1. The average molecular weight is 397 g/mol. The van der Waals surface area contributed by atoms with Gasteiger partial charge in [-0.1, -0.05) is 12.1 Å². The number of aromatic nitrogens is 1. The molecule has 0 N–H and O–H groups in total. The van der Waals surface area contributed by atoms with Gasteiger partial charge in [-0.05, 0) is 54.4 Å². The number of carbonyl (C=O) groups is 1. The van der Waals surface area contributed by atoms with Crippen molar-refractivity contribution in [2.75, 3.05) is 13.7 Å². The van der Waals surface area contributed by atoms with Crippen LogP contribution >= 0.6 is 0 Å². The maximum Gasteiger partial charge on any atom is 0.343 e. The highest BCUT2D eigenvalue weighted by atomic mass is 19.1.